The van der Waals surface area contributed by atoms with Crippen molar-refractivity contribution in [1.82, 2.24) is 4.98 Å². The molecule has 0 spiro atoms. The molecule has 0 aliphatic rings. The number of nitrogens with one attached hydrogen (secondary N) is 2. The Labute approximate surface area is 123 Å². The molecule has 1 aromatic heterocycles. The summed E-state index contributed by atoms with van der Waals surface area (Å²) in [4.78, 5) is 16.0. The van der Waals surface area contributed by atoms with Crippen LogP contribution in [0, 0.1) is 12.8 Å². The third-order valence-corrected chi connectivity index (χ3v) is 3.64. The van der Waals surface area contributed by atoms with E-state index < -0.39 is 0 Å². The standard InChI is InChI=1S/C15H19N3OS/c1-10(2)15(19)18-13-6-4-12(5-7-13)16-8-14-9-20-11(3)17-14/h4-7,9-10,16H,8H2,1-3H3,(H,18,19). The van der Waals surface area contributed by atoms with Gasteiger partial charge in [0.15, 0.2) is 0 Å². The lowest BCUT2D eigenvalue weighted by atomic mass is 10.2. The smallest absolute Gasteiger partial charge is 0.226 e. The lowest BCUT2D eigenvalue weighted by Crippen LogP contribution is -2.17. The largest absolute Gasteiger partial charge is 0.379 e. The fourth-order valence-corrected chi connectivity index (χ4v) is 2.25. The van der Waals surface area contributed by atoms with Crippen LogP contribution in [0.2, 0.25) is 0 Å². The minimum atomic E-state index is -0.0132. The summed E-state index contributed by atoms with van der Waals surface area (Å²) in [6.07, 6.45) is 0. The number of anilines is 2. The van der Waals surface area contributed by atoms with Gasteiger partial charge in [-0.1, -0.05) is 13.8 Å². The monoisotopic (exact) mass is 289 g/mol. The molecule has 1 heterocycles. The van der Waals surface area contributed by atoms with Crippen LogP contribution in [0.4, 0.5) is 11.4 Å². The number of benzene rings is 1. The Hall–Kier alpha value is -1.88. The molecule has 5 heteroatoms. The normalized spacial score (nSPS) is 10.6. The number of carbonyl (C=O) groups excluding carboxylic acids is 1. The van der Waals surface area contributed by atoms with Crippen LogP contribution >= 0.6 is 11.3 Å². The van der Waals surface area contributed by atoms with Crippen LogP contribution in [-0.4, -0.2) is 10.9 Å². The van der Waals surface area contributed by atoms with Crippen LogP contribution in [0.25, 0.3) is 0 Å². The number of aryl methyl sites for hydroxylation is 1. The number of hydrogen-bond donors (Lipinski definition) is 2. The number of rotatable bonds is 5. The van der Waals surface area contributed by atoms with Gasteiger partial charge in [-0.05, 0) is 31.2 Å². The Morgan fingerprint density at radius 1 is 1.25 bits per heavy atom. The van der Waals surface area contributed by atoms with Gasteiger partial charge in [-0.2, -0.15) is 0 Å². The Balaban J connectivity index is 1.89. The van der Waals surface area contributed by atoms with E-state index in [2.05, 4.69) is 21.0 Å². The molecule has 0 radical (unpaired) electrons. The highest BCUT2D eigenvalue weighted by molar-refractivity contribution is 7.09. The second-order valence-electron chi connectivity index (χ2n) is 4.93. The van der Waals surface area contributed by atoms with E-state index in [1.807, 2.05) is 45.0 Å². The van der Waals surface area contributed by atoms with Gasteiger partial charge < -0.3 is 10.6 Å². The quantitative estimate of drug-likeness (QED) is 0.883. The molecule has 2 aromatic rings. The Morgan fingerprint density at radius 2 is 1.90 bits per heavy atom. The maximum atomic E-state index is 11.6. The molecule has 0 bridgehead atoms. The molecule has 1 aromatic carbocycles. The summed E-state index contributed by atoms with van der Waals surface area (Å²) in [7, 11) is 0. The summed E-state index contributed by atoms with van der Waals surface area (Å²) in [5.41, 5.74) is 2.88. The molecule has 0 saturated carbocycles. The second-order valence-corrected chi connectivity index (χ2v) is 5.99. The zero-order valence-electron chi connectivity index (χ0n) is 11.9. The molecular formula is C15H19N3OS. The third-order valence-electron chi connectivity index (χ3n) is 2.82. The fraction of sp³-hybridized carbons (Fsp3) is 0.333. The van der Waals surface area contributed by atoms with E-state index >= 15 is 0 Å². The number of aromatic nitrogens is 1. The molecule has 20 heavy (non-hydrogen) atoms. The third kappa shape index (κ3) is 4.06. The van der Waals surface area contributed by atoms with Crippen molar-refractivity contribution in [1.29, 1.82) is 0 Å². The zero-order valence-corrected chi connectivity index (χ0v) is 12.8. The van der Waals surface area contributed by atoms with E-state index in [9.17, 15) is 4.79 Å². The van der Waals surface area contributed by atoms with Crippen molar-refractivity contribution >= 4 is 28.6 Å². The maximum absolute atomic E-state index is 11.6. The van der Waals surface area contributed by atoms with E-state index in [1.165, 1.54) is 0 Å². The van der Waals surface area contributed by atoms with Crippen molar-refractivity contribution in [3.63, 3.8) is 0 Å². The maximum Gasteiger partial charge on any atom is 0.226 e. The first kappa shape index (κ1) is 14.5. The van der Waals surface area contributed by atoms with Gasteiger partial charge in [0.25, 0.3) is 0 Å². The Bertz CT molecular complexity index is 575. The van der Waals surface area contributed by atoms with Crippen molar-refractivity contribution in [3.05, 3.63) is 40.3 Å². The number of carbonyl (C=O) groups is 1. The molecule has 0 aliphatic heterocycles. The lowest BCUT2D eigenvalue weighted by Gasteiger charge is -2.09. The minimum Gasteiger partial charge on any atom is -0.379 e. The minimum absolute atomic E-state index is 0.0132. The summed E-state index contributed by atoms with van der Waals surface area (Å²) in [5.74, 6) is 0.0179. The van der Waals surface area contributed by atoms with Gasteiger partial charge in [0.1, 0.15) is 0 Å². The van der Waals surface area contributed by atoms with Crippen molar-refractivity contribution in [2.45, 2.75) is 27.3 Å². The van der Waals surface area contributed by atoms with Crippen LogP contribution in [0.3, 0.4) is 0 Å². The van der Waals surface area contributed by atoms with Crippen LogP contribution in [0.1, 0.15) is 24.5 Å². The van der Waals surface area contributed by atoms with Gasteiger partial charge in [-0.3, -0.25) is 4.79 Å². The van der Waals surface area contributed by atoms with Crippen molar-refractivity contribution in [2.75, 3.05) is 10.6 Å². The van der Waals surface area contributed by atoms with E-state index in [0.717, 1.165) is 22.1 Å². The zero-order chi connectivity index (χ0) is 14.5. The van der Waals surface area contributed by atoms with E-state index in [-0.39, 0.29) is 11.8 Å². The van der Waals surface area contributed by atoms with Gasteiger partial charge in [-0.15, -0.1) is 11.3 Å². The first-order valence-corrected chi connectivity index (χ1v) is 7.48. The Kier molecular flexibility index (Phi) is 4.74. The van der Waals surface area contributed by atoms with Gasteiger partial charge in [0.05, 0.1) is 17.2 Å². The van der Waals surface area contributed by atoms with Crippen LogP contribution in [0.15, 0.2) is 29.6 Å². The van der Waals surface area contributed by atoms with Gasteiger partial charge in [0, 0.05) is 22.7 Å². The van der Waals surface area contributed by atoms with Crippen LogP contribution in [0.5, 0.6) is 0 Å². The van der Waals surface area contributed by atoms with Crippen LogP contribution < -0.4 is 10.6 Å². The van der Waals surface area contributed by atoms with Gasteiger partial charge in [0.2, 0.25) is 5.91 Å². The summed E-state index contributed by atoms with van der Waals surface area (Å²) in [5, 5.41) is 9.31. The first-order valence-electron chi connectivity index (χ1n) is 6.60. The number of hydrogen-bond acceptors (Lipinski definition) is 4. The van der Waals surface area contributed by atoms with E-state index in [4.69, 9.17) is 0 Å². The highest BCUT2D eigenvalue weighted by Crippen LogP contribution is 2.16. The first-order chi connectivity index (χ1) is 9.54. The molecule has 0 saturated heterocycles. The summed E-state index contributed by atoms with van der Waals surface area (Å²) >= 11 is 1.65. The number of thiazole rings is 1. The van der Waals surface area contributed by atoms with Crippen molar-refractivity contribution in [3.8, 4) is 0 Å². The van der Waals surface area contributed by atoms with Crippen molar-refractivity contribution < 1.29 is 4.79 Å². The molecule has 2 rings (SSSR count). The average molecular weight is 289 g/mol. The van der Waals surface area contributed by atoms with Crippen molar-refractivity contribution in [2.24, 2.45) is 5.92 Å². The Morgan fingerprint density at radius 3 is 2.45 bits per heavy atom. The molecule has 1 amide bonds. The van der Waals surface area contributed by atoms with Crippen LogP contribution in [-0.2, 0) is 11.3 Å². The summed E-state index contributed by atoms with van der Waals surface area (Å²) < 4.78 is 0. The molecule has 0 fully saturated rings. The average Bonchev–Trinajstić information content (AvgIpc) is 2.83. The fourth-order valence-electron chi connectivity index (χ4n) is 1.64. The second kappa shape index (κ2) is 6.52. The molecule has 4 nitrogen and oxygen atoms in total. The molecule has 0 atom stereocenters. The SMILES string of the molecule is Cc1nc(CNc2ccc(NC(=O)C(C)C)cc2)cs1. The molecule has 2 N–H and O–H groups in total. The number of amides is 1. The number of nitrogens with zero attached hydrogens (tertiary/aromatic N) is 1. The summed E-state index contributed by atoms with van der Waals surface area (Å²) in [6, 6.07) is 7.70. The highest BCUT2D eigenvalue weighted by atomic mass is 32.1. The van der Waals surface area contributed by atoms with Gasteiger partial charge >= 0.3 is 0 Å². The molecule has 0 aliphatic carbocycles. The highest BCUT2D eigenvalue weighted by Gasteiger charge is 2.06. The predicted molar refractivity (Wildman–Crippen MR) is 84.1 cm³/mol. The van der Waals surface area contributed by atoms with E-state index in [0.29, 0.717) is 6.54 Å². The molecular weight excluding hydrogens is 270 g/mol. The van der Waals surface area contributed by atoms with E-state index in [1.54, 1.807) is 11.3 Å². The predicted octanol–water partition coefficient (Wildman–Crippen LogP) is 3.66. The topological polar surface area (TPSA) is 54.0 Å². The molecule has 0 unspecified atom stereocenters. The summed E-state index contributed by atoms with van der Waals surface area (Å²) in [6.45, 7) is 6.46. The van der Waals surface area contributed by atoms with Gasteiger partial charge in [-0.25, -0.2) is 4.98 Å². The lowest BCUT2D eigenvalue weighted by molar-refractivity contribution is -0.118. The molecule has 106 valence electrons.